The molecule has 0 aliphatic rings. The van der Waals surface area contributed by atoms with Crippen molar-refractivity contribution in [3.63, 3.8) is 0 Å². The number of carboxylic acid groups (broad SMARTS) is 1. The highest BCUT2D eigenvalue weighted by Gasteiger charge is 2.12. The largest absolute Gasteiger partial charge is 0.480 e. The van der Waals surface area contributed by atoms with E-state index in [4.69, 9.17) is 9.84 Å². The zero-order chi connectivity index (χ0) is 12.0. The zero-order valence-electron chi connectivity index (χ0n) is 9.46. The predicted molar refractivity (Wildman–Crippen MR) is 55.8 cm³/mol. The number of methoxy groups -OCH3 is 1. The minimum Gasteiger partial charge on any atom is -0.480 e. The first-order chi connectivity index (χ1) is 7.63. The zero-order valence-corrected chi connectivity index (χ0v) is 9.46. The van der Waals surface area contributed by atoms with Gasteiger partial charge >= 0.3 is 5.97 Å². The van der Waals surface area contributed by atoms with Crippen LogP contribution in [0.4, 0.5) is 0 Å². The molecule has 90 valence electrons. The van der Waals surface area contributed by atoms with E-state index in [2.05, 4.69) is 10.2 Å². The molecule has 7 nitrogen and oxygen atoms in total. The van der Waals surface area contributed by atoms with Gasteiger partial charge in [-0.2, -0.15) is 0 Å². The van der Waals surface area contributed by atoms with Crippen LogP contribution in [-0.4, -0.2) is 57.5 Å². The predicted octanol–water partition coefficient (Wildman–Crippen LogP) is -0.652. The van der Waals surface area contributed by atoms with E-state index in [0.717, 1.165) is 5.82 Å². The van der Waals surface area contributed by atoms with Gasteiger partial charge in [0.25, 0.3) is 0 Å². The van der Waals surface area contributed by atoms with Crippen molar-refractivity contribution < 1.29 is 14.6 Å². The number of rotatable bonds is 7. The van der Waals surface area contributed by atoms with Gasteiger partial charge in [0.1, 0.15) is 12.2 Å². The van der Waals surface area contributed by atoms with Crippen LogP contribution in [-0.2, 0) is 23.1 Å². The SMILES string of the molecule is COCCN(CC(=O)O)Cc1nncn1C. The minimum absolute atomic E-state index is 0.0315. The average molecular weight is 228 g/mol. The Labute approximate surface area is 93.6 Å². The number of ether oxygens (including phenoxy) is 1. The van der Waals surface area contributed by atoms with E-state index in [-0.39, 0.29) is 6.54 Å². The summed E-state index contributed by atoms with van der Waals surface area (Å²) in [5.41, 5.74) is 0. The molecule has 0 spiro atoms. The van der Waals surface area contributed by atoms with E-state index in [1.807, 2.05) is 7.05 Å². The highest BCUT2D eigenvalue weighted by Crippen LogP contribution is 1.99. The summed E-state index contributed by atoms with van der Waals surface area (Å²) in [6, 6.07) is 0. The van der Waals surface area contributed by atoms with Gasteiger partial charge in [0, 0.05) is 20.7 Å². The first-order valence-corrected chi connectivity index (χ1v) is 4.89. The van der Waals surface area contributed by atoms with Crippen LogP contribution in [0.5, 0.6) is 0 Å². The average Bonchev–Trinajstić information content (AvgIpc) is 2.60. The lowest BCUT2D eigenvalue weighted by molar-refractivity contribution is -0.138. The van der Waals surface area contributed by atoms with Crippen molar-refractivity contribution in [3.8, 4) is 0 Å². The fourth-order valence-corrected chi connectivity index (χ4v) is 1.28. The third kappa shape index (κ3) is 3.95. The molecule has 1 aromatic rings. The summed E-state index contributed by atoms with van der Waals surface area (Å²) in [5, 5.41) is 16.4. The smallest absolute Gasteiger partial charge is 0.317 e. The number of nitrogens with zero attached hydrogens (tertiary/aromatic N) is 4. The molecule has 7 heteroatoms. The van der Waals surface area contributed by atoms with Gasteiger partial charge in [-0.3, -0.25) is 9.69 Å². The van der Waals surface area contributed by atoms with Crippen molar-refractivity contribution in [1.29, 1.82) is 0 Å². The molecule has 1 N–H and O–H groups in total. The molecule has 1 aromatic heterocycles. The van der Waals surface area contributed by atoms with Gasteiger partial charge in [0.2, 0.25) is 0 Å². The van der Waals surface area contributed by atoms with Crippen molar-refractivity contribution in [2.24, 2.45) is 7.05 Å². The van der Waals surface area contributed by atoms with Crippen molar-refractivity contribution in [1.82, 2.24) is 19.7 Å². The third-order valence-corrected chi connectivity index (χ3v) is 2.14. The van der Waals surface area contributed by atoms with Gasteiger partial charge in [-0.25, -0.2) is 0 Å². The number of aliphatic carboxylic acids is 1. The van der Waals surface area contributed by atoms with Crippen LogP contribution in [0, 0.1) is 0 Å². The van der Waals surface area contributed by atoms with Crippen molar-refractivity contribution >= 4 is 5.97 Å². The molecule has 0 amide bonds. The van der Waals surface area contributed by atoms with Crippen LogP contribution < -0.4 is 0 Å². The van der Waals surface area contributed by atoms with E-state index < -0.39 is 5.97 Å². The normalized spacial score (nSPS) is 10.9. The maximum atomic E-state index is 10.7. The maximum Gasteiger partial charge on any atom is 0.317 e. The van der Waals surface area contributed by atoms with Gasteiger partial charge in [-0.1, -0.05) is 0 Å². The molecule has 0 saturated heterocycles. The number of carboxylic acids is 1. The molecule has 0 aliphatic heterocycles. The molecule has 0 bridgehead atoms. The van der Waals surface area contributed by atoms with Crippen LogP contribution in [0.2, 0.25) is 0 Å². The molecule has 0 aromatic carbocycles. The number of hydrogen-bond donors (Lipinski definition) is 1. The Balaban J connectivity index is 2.55. The number of aryl methyl sites for hydroxylation is 1. The van der Waals surface area contributed by atoms with E-state index in [1.165, 1.54) is 0 Å². The second-order valence-corrected chi connectivity index (χ2v) is 3.46. The van der Waals surface area contributed by atoms with Crippen LogP contribution in [0.15, 0.2) is 6.33 Å². The van der Waals surface area contributed by atoms with Gasteiger partial charge in [0.15, 0.2) is 0 Å². The summed E-state index contributed by atoms with van der Waals surface area (Å²) >= 11 is 0. The Hall–Kier alpha value is -1.47. The number of aromatic nitrogens is 3. The Bertz CT molecular complexity index is 339. The highest BCUT2D eigenvalue weighted by molar-refractivity contribution is 5.69. The van der Waals surface area contributed by atoms with Crippen LogP contribution >= 0.6 is 0 Å². The van der Waals surface area contributed by atoms with E-state index >= 15 is 0 Å². The summed E-state index contributed by atoms with van der Waals surface area (Å²) in [6.07, 6.45) is 1.59. The van der Waals surface area contributed by atoms with E-state index in [0.29, 0.717) is 19.7 Å². The highest BCUT2D eigenvalue weighted by atomic mass is 16.5. The second kappa shape index (κ2) is 6.19. The molecule has 0 unspecified atom stereocenters. The Morgan fingerprint density at radius 1 is 1.69 bits per heavy atom. The standard InChI is InChI=1S/C9H16N4O3/c1-12-7-10-11-8(12)5-13(3-4-16-2)6-9(14)15/h7H,3-6H2,1-2H3,(H,14,15). The van der Waals surface area contributed by atoms with Crippen molar-refractivity contribution in [2.75, 3.05) is 26.8 Å². The van der Waals surface area contributed by atoms with Crippen molar-refractivity contribution in [2.45, 2.75) is 6.54 Å². The Kier molecular flexibility index (Phi) is 4.87. The lowest BCUT2D eigenvalue weighted by Gasteiger charge is -2.18. The topological polar surface area (TPSA) is 80.5 Å². The minimum atomic E-state index is -0.863. The molecule has 0 aliphatic carbocycles. The van der Waals surface area contributed by atoms with Gasteiger partial charge in [-0.15, -0.1) is 10.2 Å². The molecule has 0 atom stereocenters. The first kappa shape index (κ1) is 12.6. The van der Waals surface area contributed by atoms with Crippen molar-refractivity contribution in [3.05, 3.63) is 12.2 Å². The molecule has 0 saturated carbocycles. The molecular formula is C9H16N4O3. The molecular weight excluding hydrogens is 212 g/mol. The molecule has 1 heterocycles. The summed E-state index contributed by atoms with van der Waals surface area (Å²) in [5.74, 6) is -0.129. The van der Waals surface area contributed by atoms with E-state index in [9.17, 15) is 4.79 Å². The first-order valence-electron chi connectivity index (χ1n) is 4.89. The fourth-order valence-electron chi connectivity index (χ4n) is 1.28. The summed E-state index contributed by atoms with van der Waals surface area (Å²) < 4.78 is 6.69. The molecule has 0 radical (unpaired) electrons. The lowest BCUT2D eigenvalue weighted by atomic mass is 10.4. The van der Waals surface area contributed by atoms with Gasteiger partial charge in [0.05, 0.1) is 19.7 Å². The van der Waals surface area contributed by atoms with Crippen LogP contribution in [0.1, 0.15) is 5.82 Å². The second-order valence-electron chi connectivity index (χ2n) is 3.46. The Morgan fingerprint density at radius 2 is 2.44 bits per heavy atom. The summed E-state index contributed by atoms with van der Waals surface area (Å²) in [7, 11) is 3.41. The molecule has 0 fully saturated rings. The molecule has 16 heavy (non-hydrogen) atoms. The Morgan fingerprint density at radius 3 is 2.94 bits per heavy atom. The lowest BCUT2D eigenvalue weighted by Crippen LogP contribution is -2.33. The molecule has 1 rings (SSSR count). The quantitative estimate of drug-likeness (QED) is 0.668. The number of carbonyl (C=O) groups is 1. The van der Waals surface area contributed by atoms with Gasteiger partial charge in [-0.05, 0) is 0 Å². The maximum absolute atomic E-state index is 10.7. The monoisotopic (exact) mass is 228 g/mol. The van der Waals surface area contributed by atoms with Crippen LogP contribution in [0.3, 0.4) is 0 Å². The number of hydrogen-bond acceptors (Lipinski definition) is 5. The van der Waals surface area contributed by atoms with E-state index in [1.54, 1.807) is 22.9 Å². The summed E-state index contributed by atoms with van der Waals surface area (Å²) in [6.45, 7) is 1.46. The van der Waals surface area contributed by atoms with Gasteiger partial charge < -0.3 is 14.4 Å². The van der Waals surface area contributed by atoms with Crippen LogP contribution in [0.25, 0.3) is 0 Å². The third-order valence-electron chi connectivity index (χ3n) is 2.14. The summed E-state index contributed by atoms with van der Waals surface area (Å²) in [4.78, 5) is 12.4. The fraction of sp³-hybridized carbons (Fsp3) is 0.667.